The number of fused-ring (bicyclic) bond motifs is 5. The maximum atomic E-state index is 11.0. The number of benzene rings is 2. The van der Waals surface area contributed by atoms with Crippen LogP contribution in [-0.4, -0.2) is 16.2 Å². The van der Waals surface area contributed by atoms with Gasteiger partial charge >= 0.3 is 5.97 Å². The normalized spacial score (nSPS) is 21.8. The van der Waals surface area contributed by atoms with Gasteiger partial charge in [0.2, 0.25) is 0 Å². The number of phenolic OH excluding ortho intramolecular Hbond substituents is 1. The monoisotopic (exact) mass is 320 g/mol. The molecule has 0 saturated heterocycles. The van der Waals surface area contributed by atoms with Gasteiger partial charge in [0.15, 0.2) is 0 Å². The fourth-order valence-corrected chi connectivity index (χ4v) is 4.21. The largest absolute Gasteiger partial charge is 0.507 e. The summed E-state index contributed by atoms with van der Waals surface area (Å²) in [6.07, 6.45) is 5.85. The molecule has 0 aromatic heterocycles. The summed E-state index contributed by atoms with van der Waals surface area (Å²) in [6, 6.07) is 11.2. The standard InChI is InChI=1S/C21H20O3/c1-12(8-16-4-5-17(21(23)24)11-20(16)22)13-6-7-18-14-2-3-15(9-14)19(18)10-13/h4-8,10-11,14-15,22H,2-3,9H2,1H3,(H,23,24). The highest BCUT2D eigenvalue weighted by Crippen LogP contribution is 2.53. The minimum absolute atomic E-state index is 0.00512. The Hall–Kier alpha value is -2.55. The van der Waals surface area contributed by atoms with Gasteiger partial charge in [-0.25, -0.2) is 4.79 Å². The second-order valence-electron chi connectivity index (χ2n) is 6.96. The van der Waals surface area contributed by atoms with E-state index in [4.69, 9.17) is 5.11 Å². The Bertz CT molecular complexity index is 863. The molecule has 3 nitrogen and oxygen atoms in total. The Kier molecular flexibility index (Phi) is 3.45. The zero-order chi connectivity index (χ0) is 16.8. The molecule has 0 amide bonds. The highest BCUT2D eigenvalue weighted by Gasteiger charge is 2.36. The number of carboxylic acids is 1. The molecular weight excluding hydrogens is 300 g/mol. The molecule has 3 heteroatoms. The van der Waals surface area contributed by atoms with Crippen molar-refractivity contribution in [3.05, 3.63) is 64.2 Å². The number of hydrogen-bond acceptors (Lipinski definition) is 2. The van der Waals surface area contributed by atoms with Gasteiger partial charge in [-0.05, 0) is 78.5 Å². The highest BCUT2D eigenvalue weighted by atomic mass is 16.4. The van der Waals surface area contributed by atoms with Crippen LogP contribution in [0, 0.1) is 0 Å². The van der Waals surface area contributed by atoms with Gasteiger partial charge in [-0.3, -0.25) is 0 Å². The maximum Gasteiger partial charge on any atom is 0.335 e. The lowest BCUT2D eigenvalue weighted by molar-refractivity contribution is 0.0696. The van der Waals surface area contributed by atoms with Crippen LogP contribution in [0.3, 0.4) is 0 Å². The predicted molar refractivity (Wildman–Crippen MR) is 94.4 cm³/mol. The zero-order valence-electron chi connectivity index (χ0n) is 13.6. The molecule has 2 atom stereocenters. The summed E-state index contributed by atoms with van der Waals surface area (Å²) in [5, 5.41) is 19.0. The fourth-order valence-electron chi connectivity index (χ4n) is 4.21. The summed E-state index contributed by atoms with van der Waals surface area (Å²) in [4.78, 5) is 11.0. The molecule has 0 heterocycles. The molecule has 4 rings (SSSR count). The van der Waals surface area contributed by atoms with Crippen LogP contribution in [0.25, 0.3) is 11.6 Å². The van der Waals surface area contributed by atoms with Gasteiger partial charge in [-0.15, -0.1) is 0 Å². The molecule has 0 radical (unpaired) electrons. The number of carboxylic acid groups (broad SMARTS) is 1. The van der Waals surface area contributed by atoms with E-state index in [0.29, 0.717) is 5.56 Å². The Morgan fingerprint density at radius 3 is 2.46 bits per heavy atom. The molecule has 2 aromatic carbocycles. The molecule has 0 spiro atoms. The number of allylic oxidation sites excluding steroid dienone is 1. The number of aromatic hydroxyl groups is 1. The van der Waals surface area contributed by atoms with Crippen LogP contribution in [-0.2, 0) is 0 Å². The first-order chi connectivity index (χ1) is 11.5. The number of carbonyl (C=O) groups is 1. The first kappa shape index (κ1) is 15.0. The molecule has 2 aliphatic rings. The SMILES string of the molecule is CC(=Cc1ccc(C(=O)O)cc1O)c1ccc2c(c1)C1CCC2C1. The fraction of sp³-hybridized carbons (Fsp3) is 0.286. The van der Waals surface area contributed by atoms with Crippen LogP contribution in [0.5, 0.6) is 5.75 Å². The lowest BCUT2D eigenvalue weighted by Gasteiger charge is -2.16. The van der Waals surface area contributed by atoms with Crippen molar-refractivity contribution in [3.63, 3.8) is 0 Å². The Morgan fingerprint density at radius 1 is 1.04 bits per heavy atom. The van der Waals surface area contributed by atoms with Gasteiger partial charge in [-0.1, -0.05) is 24.3 Å². The smallest absolute Gasteiger partial charge is 0.335 e. The Balaban J connectivity index is 1.67. The Morgan fingerprint density at radius 2 is 1.75 bits per heavy atom. The third-order valence-electron chi connectivity index (χ3n) is 5.50. The quantitative estimate of drug-likeness (QED) is 0.781. The second kappa shape index (κ2) is 5.52. The van der Waals surface area contributed by atoms with Gasteiger partial charge in [0.05, 0.1) is 5.56 Å². The van der Waals surface area contributed by atoms with E-state index in [9.17, 15) is 9.90 Å². The van der Waals surface area contributed by atoms with E-state index in [2.05, 4.69) is 18.2 Å². The third kappa shape index (κ3) is 2.41. The minimum atomic E-state index is -1.04. The molecule has 1 saturated carbocycles. The maximum absolute atomic E-state index is 11.0. The number of hydrogen-bond donors (Lipinski definition) is 2. The lowest BCUT2D eigenvalue weighted by Crippen LogP contribution is -1.98. The van der Waals surface area contributed by atoms with E-state index in [1.54, 1.807) is 6.07 Å². The molecule has 2 bridgehead atoms. The zero-order valence-corrected chi connectivity index (χ0v) is 13.6. The van der Waals surface area contributed by atoms with E-state index in [-0.39, 0.29) is 11.3 Å². The summed E-state index contributed by atoms with van der Waals surface area (Å²) < 4.78 is 0. The molecule has 122 valence electrons. The van der Waals surface area contributed by atoms with Gasteiger partial charge in [-0.2, -0.15) is 0 Å². The molecule has 2 N–H and O–H groups in total. The van der Waals surface area contributed by atoms with Crippen molar-refractivity contribution in [1.82, 2.24) is 0 Å². The van der Waals surface area contributed by atoms with Crippen molar-refractivity contribution in [1.29, 1.82) is 0 Å². The van der Waals surface area contributed by atoms with Crippen molar-refractivity contribution >= 4 is 17.6 Å². The van der Waals surface area contributed by atoms with Crippen LogP contribution < -0.4 is 0 Å². The summed E-state index contributed by atoms with van der Waals surface area (Å²) in [6.45, 7) is 2.03. The molecule has 24 heavy (non-hydrogen) atoms. The van der Waals surface area contributed by atoms with E-state index >= 15 is 0 Å². The van der Waals surface area contributed by atoms with Gasteiger partial charge in [0.25, 0.3) is 0 Å². The highest BCUT2D eigenvalue weighted by molar-refractivity contribution is 5.90. The van der Waals surface area contributed by atoms with Crippen LogP contribution in [0.15, 0.2) is 36.4 Å². The minimum Gasteiger partial charge on any atom is -0.507 e. The van der Waals surface area contributed by atoms with Gasteiger partial charge in [0.1, 0.15) is 5.75 Å². The molecule has 1 fully saturated rings. The summed E-state index contributed by atoms with van der Waals surface area (Å²) >= 11 is 0. The number of aromatic carboxylic acids is 1. The molecular formula is C21H20O3. The number of phenols is 1. The topological polar surface area (TPSA) is 57.5 Å². The Labute approximate surface area is 141 Å². The average Bonchev–Trinajstić information content (AvgIpc) is 3.18. The lowest BCUT2D eigenvalue weighted by atomic mass is 9.89. The van der Waals surface area contributed by atoms with E-state index < -0.39 is 5.97 Å². The van der Waals surface area contributed by atoms with E-state index in [0.717, 1.165) is 17.4 Å². The number of rotatable bonds is 3. The van der Waals surface area contributed by atoms with Gasteiger partial charge < -0.3 is 10.2 Å². The summed E-state index contributed by atoms with van der Waals surface area (Å²) in [7, 11) is 0. The molecule has 0 aliphatic heterocycles. The third-order valence-corrected chi connectivity index (χ3v) is 5.50. The molecule has 2 unspecified atom stereocenters. The van der Waals surface area contributed by atoms with E-state index in [1.807, 2.05) is 13.0 Å². The van der Waals surface area contributed by atoms with Gasteiger partial charge in [0, 0.05) is 5.56 Å². The van der Waals surface area contributed by atoms with Crippen LogP contribution in [0.2, 0.25) is 0 Å². The average molecular weight is 320 g/mol. The molecule has 2 aliphatic carbocycles. The molecule has 2 aromatic rings. The first-order valence-electron chi connectivity index (χ1n) is 8.42. The van der Waals surface area contributed by atoms with Crippen molar-refractivity contribution in [2.75, 3.05) is 0 Å². The van der Waals surface area contributed by atoms with Crippen molar-refractivity contribution in [2.45, 2.75) is 38.0 Å². The van der Waals surface area contributed by atoms with Crippen molar-refractivity contribution < 1.29 is 15.0 Å². The van der Waals surface area contributed by atoms with Crippen LogP contribution in [0.4, 0.5) is 0 Å². The summed E-state index contributed by atoms with van der Waals surface area (Å²) in [5.41, 5.74) is 6.00. The van der Waals surface area contributed by atoms with E-state index in [1.165, 1.54) is 48.1 Å². The van der Waals surface area contributed by atoms with Crippen molar-refractivity contribution in [3.8, 4) is 5.75 Å². The summed E-state index contributed by atoms with van der Waals surface area (Å²) in [5.74, 6) is 0.442. The van der Waals surface area contributed by atoms with Crippen LogP contribution >= 0.6 is 0 Å². The van der Waals surface area contributed by atoms with Crippen molar-refractivity contribution in [2.24, 2.45) is 0 Å². The van der Waals surface area contributed by atoms with Crippen LogP contribution in [0.1, 0.15) is 70.6 Å². The second-order valence-corrected chi connectivity index (χ2v) is 6.96. The first-order valence-corrected chi connectivity index (χ1v) is 8.42. The predicted octanol–water partition coefficient (Wildman–Crippen LogP) is 5.02.